The first-order valence-corrected chi connectivity index (χ1v) is 6.44. The van der Waals surface area contributed by atoms with E-state index in [1.165, 1.54) is 11.1 Å². The van der Waals surface area contributed by atoms with Crippen LogP contribution in [0.1, 0.15) is 41.5 Å². The highest BCUT2D eigenvalue weighted by molar-refractivity contribution is 5.86. The van der Waals surface area contributed by atoms with Gasteiger partial charge in [0, 0.05) is 22.4 Å². The molecule has 0 unspecified atom stereocenters. The Morgan fingerprint density at radius 3 is 2.94 bits per heavy atom. The van der Waals surface area contributed by atoms with Crippen LogP contribution in [-0.4, -0.2) is 16.3 Å². The monoisotopic (exact) mass is 246 g/mol. The van der Waals surface area contributed by atoms with Gasteiger partial charge in [-0.1, -0.05) is 6.92 Å². The lowest BCUT2D eigenvalue weighted by Gasteiger charge is -2.28. The van der Waals surface area contributed by atoms with Crippen molar-refractivity contribution in [3.8, 4) is 0 Å². The van der Waals surface area contributed by atoms with Gasteiger partial charge in [-0.25, -0.2) is 0 Å². The van der Waals surface area contributed by atoms with Crippen molar-refractivity contribution in [2.75, 3.05) is 0 Å². The summed E-state index contributed by atoms with van der Waals surface area (Å²) >= 11 is 0. The van der Waals surface area contributed by atoms with Crippen molar-refractivity contribution >= 4 is 11.0 Å². The van der Waals surface area contributed by atoms with E-state index in [9.17, 15) is 10.2 Å². The zero-order valence-corrected chi connectivity index (χ0v) is 10.7. The van der Waals surface area contributed by atoms with Crippen LogP contribution in [0.3, 0.4) is 0 Å². The fraction of sp³-hybridized carbons (Fsp3) is 0.467. The highest BCUT2D eigenvalue weighted by atomic mass is 16.3. The summed E-state index contributed by atoms with van der Waals surface area (Å²) in [4.78, 5) is 0. The highest BCUT2D eigenvalue weighted by Crippen LogP contribution is 2.40. The van der Waals surface area contributed by atoms with E-state index in [2.05, 4.69) is 13.0 Å². The Bertz CT molecular complexity index is 597. The zero-order valence-electron chi connectivity index (χ0n) is 10.7. The molecule has 0 fully saturated rings. The maximum Gasteiger partial charge on any atom is 0.138 e. The molecule has 1 aliphatic rings. The largest absolute Gasteiger partial charge is 0.464 e. The number of rotatable bonds is 1. The van der Waals surface area contributed by atoms with Gasteiger partial charge in [-0.05, 0) is 37.0 Å². The molecular formula is C15H18O3. The molecule has 2 atom stereocenters. The molecule has 2 aromatic rings. The molecule has 1 heterocycles. The summed E-state index contributed by atoms with van der Waals surface area (Å²) in [7, 11) is 0. The molecule has 0 radical (unpaired) electrons. The molecule has 1 aromatic heterocycles. The molecule has 3 rings (SSSR count). The predicted molar refractivity (Wildman–Crippen MR) is 69.6 cm³/mol. The summed E-state index contributed by atoms with van der Waals surface area (Å²) in [5, 5.41) is 20.4. The number of fused-ring (bicyclic) bond motifs is 3. The van der Waals surface area contributed by atoms with Gasteiger partial charge < -0.3 is 14.6 Å². The van der Waals surface area contributed by atoms with Gasteiger partial charge in [0.25, 0.3) is 0 Å². The number of hydrogen-bond acceptors (Lipinski definition) is 3. The van der Waals surface area contributed by atoms with E-state index >= 15 is 0 Å². The molecule has 2 N–H and O–H groups in total. The first kappa shape index (κ1) is 11.8. The van der Waals surface area contributed by atoms with Gasteiger partial charge in [0.15, 0.2) is 0 Å². The molecular weight excluding hydrogens is 228 g/mol. The average molecular weight is 246 g/mol. The topological polar surface area (TPSA) is 53.6 Å². The quantitative estimate of drug-likeness (QED) is 0.813. The molecule has 0 aliphatic heterocycles. The molecule has 0 saturated carbocycles. The van der Waals surface area contributed by atoms with Gasteiger partial charge in [0.05, 0.1) is 19.0 Å². The molecule has 1 aromatic carbocycles. The number of furan rings is 1. The van der Waals surface area contributed by atoms with Crippen LogP contribution < -0.4 is 0 Å². The molecule has 3 nitrogen and oxygen atoms in total. The van der Waals surface area contributed by atoms with Crippen molar-refractivity contribution in [3.05, 3.63) is 34.6 Å². The van der Waals surface area contributed by atoms with Crippen LogP contribution in [0.2, 0.25) is 0 Å². The van der Waals surface area contributed by atoms with E-state index < -0.39 is 0 Å². The highest BCUT2D eigenvalue weighted by Gasteiger charge is 2.29. The summed E-state index contributed by atoms with van der Waals surface area (Å²) < 4.78 is 5.64. The summed E-state index contributed by atoms with van der Waals surface area (Å²) in [6, 6.07) is 2.09. The molecule has 0 spiro atoms. The van der Waals surface area contributed by atoms with Crippen molar-refractivity contribution in [3.63, 3.8) is 0 Å². The van der Waals surface area contributed by atoms with Crippen molar-refractivity contribution in [1.29, 1.82) is 0 Å². The Balaban J connectivity index is 2.34. The predicted octanol–water partition coefficient (Wildman–Crippen LogP) is 2.64. The Morgan fingerprint density at radius 1 is 1.44 bits per heavy atom. The van der Waals surface area contributed by atoms with E-state index in [1.54, 1.807) is 6.26 Å². The number of benzene rings is 1. The first-order chi connectivity index (χ1) is 8.63. The number of aliphatic hydroxyl groups is 2. The lowest BCUT2D eigenvalue weighted by atomic mass is 9.79. The number of aliphatic hydroxyl groups excluding tert-OH is 2. The van der Waals surface area contributed by atoms with Gasteiger partial charge in [-0.15, -0.1) is 0 Å². The third kappa shape index (κ3) is 1.51. The second kappa shape index (κ2) is 4.11. The third-order valence-corrected chi connectivity index (χ3v) is 4.21. The number of aryl methyl sites for hydroxylation is 1. The second-order valence-electron chi connectivity index (χ2n) is 5.28. The van der Waals surface area contributed by atoms with E-state index in [-0.39, 0.29) is 18.6 Å². The lowest BCUT2D eigenvalue weighted by molar-refractivity contribution is 0.132. The Hall–Kier alpha value is -1.32. The van der Waals surface area contributed by atoms with Crippen LogP contribution >= 0.6 is 0 Å². The Morgan fingerprint density at radius 2 is 2.22 bits per heavy atom. The molecule has 96 valence electrons. The number of hydrogen-bond donors (Lipinski definition) is 2. The van der Waals surface area contributed by atoms with Crippen LogP contribution in [0.25, 0.3) is 11.0 Å². The van der Waals surface area contributed by atoms with Crippen molar-refractivity contribution in [1.82, 2.24) is 0 Å². The normalized spacial score (nSPS) is 23.3. The van der Waals surface area contributed by atoms with Gasteiger partial charge in [0.1, 0.15) is 5.58 Å². The molecule has 0 bridgehead atoms. The van der Waals surface area contributed by atoms with Gasteiger partial charge in [0.2, 0.25) is 0 Å². The van der Waals surface area contributed by atoms with Crippen LogP contribution in [0.15, 0.2) is 16.7 Å². The fourth-order valence-electron chi connectivity index (χ4n) is 3.09. The second-order valence-corrected chi connectivity index (χ2v) is 5.28. The Kier molecular flexibility index (Phi) is 2.68. The van der Waals surface area contributed by atoms with Crippen LogP contribution in [0.4, 0.5) is 0 Å². The minimum Gasteiger partial charge on any atom is -0.464 e. The zero-order chi connectivity index (χ0) is 12.9. The van der Waals surface area contributed by atoms with Crippen LogP contribution in [-0.2, 0) is 13.0 Å². The van der Waals surface area contributed by atoms with Crippen molar-refractivity contribution < 1.29 is 14.6 Å². The van der Waals surface area contributed by atoms with E-state index in [0.29, 0.717) is 0 Å². The average Bonchev–Trinajstić information content (AvgIpc) is 2.76. The maximum absolute atomic E-state index is 10.0. The van der Waals surface area contributed by atoms with E-state index in [4.69, 9.17) is 4.42 Å². The maximum atomic E-state index is 10.0. The lowest BCUT2D eigenvalue weighted by Crippen LogP contribution is -2.23. The smallest absolute Gasteiger partial charge is 0.138 e. The van der Waals surface area contributed by atoms with Crippen LogP contribution in [0.5, 0.6) is 0 Å². The SMILES string of the molecule is Cc1cc2c(CO)coc2c2c1CC[C@H](O)[C@H]2C. The van der Waals surface area contributed by atoms with Gasteiger partial charge in [-0.3, -0.25) is 0 Å². The molecule has 0 saturated heterocycles. The summed E-state index contributed by atoms with van der Waals surface area (Å²) in [5.74, 6) is 0.0915. The summed E-state index contributed by atoms with van der Waals surface area (Å²) in [6.07, 6.45) is 3.04. The standard InChI is InChI=1S/C15H18O3/c1-8-5-12-10(6-16)7-18-15(12)14-9(2)13(17)4-3-11(8)14/h5,7,9,13,16-17H,3-4,6H2,1-2H3/t9-,13+/m1/s1. The molecule has 18 heavy (non-hydrogen) atoms. The molecule has 0 amide bonds. The molecule has 3 heteroatoms. The minimum absolute atomic E-state index is 0.0117. The first-order valence-electron chi connectivity index (χ1n) is 6.44. The summed E-state index contributed by atoms with van der Waals surface area (Å²) in [5.41, 5.74) is 5.32. The van der Waals surface area contributed by atoms with Crippen molar-refractivity contribution in [2.24, 2.45) is 0 Å². The summed E-state index contributed by atoms with van der Waals surface area (Å²) in [6.45, 7) is 4.13. The van der Waals surface area contributed by atoms with Crippen molar-refractivity contribution in [2.45, 2.75) is 45.3 Å². The minimum atomic E-state index is -0.301. The van der Waals surface area contributed by atoms with Gasteiger partial charge in [-0.2, -0.15) is 0 Å². The van der Waals surface area contributed by atoms with Gasteiger partial charge >= 0.3 is 0 Å². The molecule has 1 aliphatic carbocycles. The fourth-order valence-corrected chi connectivity index (χ4v) is 3.09. The van der Waals surface area contributed by atoms with E-state index in [0.717, 1.165) is 34.9 Å². The Labute approximate surface area is 106 Å². The van der Waals surface area contributed by atoms with Crippen LogP contribution in [0, 0.1) is 6.92 Å². The van der Waals surface area contributed by atoms with E-state index in [1.807, 2.05) is 6.92 Å². The third-order valence-electron chi connectivity index (χ3n) is 4.21.